The van der Waals surface area contributed by atoms with Crippen LogP contribution in [0, 0.1) is 32.6 Å². The molecule has 2 N–H and O–H groups in total. The SMILES string of the molecule is Cc1cc(C)c(CNC[C@H]2CCCCC[C@@H]2/C=C\CCCC(=O)O)c(C)c1. The van der Waals surface area contributed by atoms with E-state index in [1.807, 2.05) is 0 Å². The van der Waals surface area contributed by atoms with Crippen molar-refractivity contribution >= 4 is 5.97 Å². The van der Waals surface area contributed by atoms with Crippen molar-refractivity contribution in [3.63, 3.8) is 0 Å². The highest BCUT2D eigenvalue weighted by molar-refractivity contribution is 5.66. The van der Waals surface area contributed by atoms with Crippen molar-refractivity contribution in [1.82, 2.24) is 5.32 Å². The molecule has 0 unspecified atom stereocenters. The van der Waals surface area contributed by atoms with E-state index in [1.165, 1.54) is 54.4 Å². The molecule has 1 aromatic rings. The van der Waals surface area contributed by atoms with Crippen molar-refractivity contribution < 1.29 is 9.90 Å². The van der Waals surface area contributed by atoms with Crippen molar-refractivity contribution in [2.24, 2.45) is 11.8 Å². The van der Waals surface area contributed by atoms with Gasteiger partial charge in [-0.05, 0) is 81.5 Å². The third kappa shape index (κ3) is 7.50. The van der Waals surface area contributed by atoms with Gasteiger partial charge in [-0.1, -0.05) is 49.1 Å². The molecule has 1 aliphatic carbocycles. The van der Waals surface area contributed by atoms with Crippen LogP contribution < -0.4 is 5.32 Å². The second kappa shape index (κ2) is 11.3. The lowest BCUT2D eigenvalue weighted by molar-refractivity contribution is -0.137. The highest BCUT2D eigenvalue weighted by Gasteiger charge is 2.21. The zero-order valence-corrected chi connectivity index (χ0v) is 17.4. The maximum Gasteiger partial charge on any atom is 0.303 e. The number of carboxylic acid groups (broad SMARTS) is 1. The summed E-state index contributed by atoms with van der Waals surface area (Å²) < 4.78 is 0. The number of hydrogen-bond acceptors (Lipinski definition) is 2. The van der Waals surface area contributed by atoms with Crippen LogP contribution in [0.25, 0.3) is 0 Å². The van der Waals surface area contributed by atoms with Crippen LogP contribution in [-0.2, 0) is 11.3 Å². The minimum Gasteiger partial charge on any atom is -0.481 e. The van der Waals surface area contributed by atoms with Gasteiger partial charge >= 0.3 is 5.97 Å². The number of rotatable bonds is 9. The lowest BCUT2D eigenvalue weighted by Gasteiger charge is -2.23. The summed E-state index contributed by atoms with van der Waals surface area (Å²) in [6.45, 7) is 8.60. The number of benzene rings is 1. The fraction of sp³-hybridized carbons (Fsp3) is 0.625. The Morgan fingerprint density at radius 2 is 1.85 bits per heavy atom. The van der Waals surface area contributed by atoms with Crippen LogP contribution in [0.5, 0.6) is 0 Å². The van der Waals surface area contributed by atoms with Gasteiger partial charge in [0.05, 0.1) is 0 Å². The molecular formula is C24H37NO2. The smallest absolute Gasteiger partial charge is 0.303 e. The van der Waals surface area contributed by atoms with Crippen LogP contribution in [0.1, 0.15) is 73.6 Å². The maximum atomic E-state index is 10.6. The average Bonchev–Trinajstić information content (AvgIpc) is 2.82. The van der Waals surface area contributed by atoms with Gasteiger partial charge in [0.2, 0.25) is 0 Å². The molecule has 1 saturated carbocycles. The van der Waals surface area contributed by atoms with E-state index in [1.54, 1.807) is 0 Å². The number of nitrogens with one attached hydrogen (secondary N) is 1. The number of unbranched alkanes of at least 4 members (excludes halogenated alkanes) is 1. The van der Waals surface area contributed by atoms with Crippen LogP contribution in [0.2, 0.25) is 0 Å². The Balaban J connectivity index is 1.87. The van der Waals surface area contributed by atoms with Crippen molar-refractivity contribution in [2.75, 3.05) is 6.54 Å². The predicted molar refractivity (Wildman–Crippen MR) is 113 cm³/mol. The maximum absolute atomic E-state index is 10.6. The fourth-order valence-electron chi connectivity index (χ4n) is 4.43. The van der Waals surface area contributed by atoms with E-state index in [-0.39, 0.29) is 6.42 Å². The molecule has 3 nitrogen and oxygen atoms in total. The summed E-state index contributed by atoms with van der Waals surface area (Å²) in [4.78, 5) is 10.6. The Kier molecular flexibility index (Phi) is 9.06. The Bertz CT molecular complexity index is 612. The van der Waals surface area contributed by atoms with E-state index in [4.69, 9.17) is 5.11 Å². The third-order valence-electron chi connectivity index (χ3n) is 5.91. The number of carbonyl (C=O) groups is 1. The molecule has 1 fully saturated rings. The third-order valence-corrected chi connectivity index (χ3v) is 5.91. The highest BCUT2D eigenvalue weighted by atomic mass is 16.4. The largest absolute Gasteiger partial charge is 0.481 e. The molecule has 0 aromatic heterocycles. The molecule has 2 atom stereocenters. The van der Waals surface area contributed by atoms with Crippen molar-refractivity contribution in [3.05, 3.63) is 46.5 Å². The van der Waals surface area contributed by atoms with Gasteiger partial charge < -0.3 is 10.4 Å². The molecule has 0 bridgehead atoms. The number of allylic oxidation sites excluding steroid dienone is 2. The standard InChI is InChI=1S/C24H37NO2/c1-18-14-19(2)23(20(3)15-18)17-25-16-22-12-8-4-6-10-21(22)11-7-5-9-13-24(26)27/h7,11,14-15,21-22,25H,4-6,8-10,12-13,16-17H2,1-3H3,(H,26,27)/b11-7-/t21-,22-/m1/s1. The Labute approximate surface area is 165 Å². The van der Waals surface area contributed by atoms with Gasteiger partial charge in [0.1, 0.15) is 0 Å². The average molecular weight is 372 g/mol. The Morgan fingerprint density at radius 1 is 1.15 bits per heavy atom. The second-order valence-electron chi connectivity index (χ2n) is 8.28. The fourth-order valence-corrected chi connectivity index (χ4v) is 4.43. The van der Waals surface area contributed by atoms with Crippen molar-refractivity contribution in [1.29, 1.82) is 0 Å². The van der Waals surface area contributed by atoms with Crippen molar-refractivity contribution in [3.8, 4) is 0 Å². The number of aliphatic carboxylic acids is 1. The van der Waals surface area contributed by atoms with Gasteiger partial charge in [-0.25, -0.2) is 0 Å². The summed E-state index contributed by atoms with van der Waals surface area (Å²) >= 11 is 0. The van der Waals surface area contributed by atoms with E-state index in [0.717, 1.165) is 25.9 Å². The van der Waals surface area contributed by atoms with Crippen LogP contribution in [0.3, 0.4) is 0 Å². The Morgan fingerprint density at radius 3 is 2.56 bits per heavy atom. The lowest BCUT2D eigenvalue weighted by Crippen LogP contribution is -2.27. The zero-order chi connectivity index (χ0) is 19.6. The number of carboxylic acids is 1. The van der Waals surface area contributed by atoms with Gasteiger partial charge in [-0.2, -0.15) is 0 Å². The van der Waals surface area contributed by atoms with E-state index in [2.05, 4.69) is 50.4 Å². The molecule has 150 valence electrons. The van der Waals surface area contributed by atoms with E-state index in [9.17, 15) is 4.79 Å². The summed E-state index contributed by atoms with van der Waals surface area (Å²) in [5.41, 5.74) is 5.55. The topological polar surface area (TPSA) is 49.3 Å². The summed E-state index contributed by atoms with van der Waals surface area (Å²) in [6.07, 6.45) is 13.0. The first-order valence-corrected chi connectivity index (χ1v) is 10.6. The molecule has 0 amide bonds. The van der Waals surface area contributed by atoms with E-state index in [0.29, 0.717) is 11.8 Å². The summed E-state index contributed by atoms with van der Waals surface area (Å²) in [5, 5.41) is 12.5. The van der Waals surface area contributed by atoms with Gasteiger partial charge in [-0.3, -0.25) is 4.79 Å². The van der Waals surface area contributed by atoms with E-state index < -0.39 is 5.97 Å². The monoisotopic (exact) mass is 371 g/mol. The quantitative estimate of drug-likeness (QED) is 0.332. The lowest BCUT2D eigenvalue weighted by atomic mass is 9.87. The molecule has 3 heteroatoms. The van der Waals surface area contributed by atoms with Crippen LogP contribution in [0.15, 0.2) is 24.3 Å². The number of hydrogen-bond donors (Lipinski definition) is 2. The summed E-state index contributed by atoms with van der Waals surface area (Å²) in [6, 6.07) is 4.55. The first-order chi connectivity index (χ1) is 13.0. The van der Waals surface area contributed by atoms with Crippen molar-refractivity contribution in [2.45, 2.75) is 78.7 Å². The second-order valence-corrected chi connectivity index (χ2v) is 8.28. The molecule has 27 heavy (non-hydrogen) atoms. The molecule has 0 saturated heterocycles. The summed E-state index contributed by atoms with van der Waals surface area (Å²) in [5.74, 6) is 0.626. The molecule has 0 radical (unpaired) electrons. The summed E-state index contributed by atoms with van der Waals surface area (Å²) in [7, 11) is 0. The highest BCUT2D eigenvalue weighted by Crippen LogP contribution is 2.30. The molecule has 1 aliphatic rings. The zero-order valence-electron chi connectivity index (χ0n) is 17.4. The normalized spacial score (nSPS) is 20.7. The first-order valence-electron chi connectivity index (χ1n) is 10.6. The molecule has 1 aromatic carbocycles. The van der Waals surface area contributed by atoms with Gasteiger partial charge in [0, 0.05) is 13.0 Å². The molecule has 2 rings (SSSR count). The molecule has 0 spiro atoms. The van der Waals surface area contributed by atoms with Gasteiger partial charge in [-0.15, -0.1) is 0 Å². The minimum atomic E-state index is -0.693. The van der Waals surface area contributed by atoms with Crippen LogP contribution in [0.4, 0.5) is 0 Å². The molecule has 0 heterocycles. The van der Waals surface area contributed by atoms with Crippen LogP contribution >= 0.6 is 0 Å². The first kappa shape index (κ1) is 21.7. The van der Waals surface area contributed by atoms with Gasteiger partial charge in [0.15, 0.2) is 0 Å². The van der Waals surface area contributed by atoms with E-state index >= 15 is 0 Å². The Hall–Kier alpha value is -1.61. The predicted octanol–water partition coefficient (Wildman–Crippen LogP) is 5.71. The molecule has 0 aliphatic heterocycles. The minimum absolute atomic E-state index is 0.273. The number of aryl methyl sites for hydroxylation is 3. The molecular weight excluding hydrogens is 334 g/mol. The van der Waals surface area contributed by atoms with Gasteiger partial charge in [0.25, 0.3) is 0 Å². The van der Waals surface area contributed by atoms with Crippen LogP contribution in [-0.4, -0.2) is 17.6 Å².